The maximum absolute atomic E-state index is 12.9. The molecule has 1 aliphatic heterocycles. The van der Waals surface area contributed by atoms with E-state index in [0.717, 1.165) is 24.9 Å². The van der Waals surface area contributed by atoms with Gasteiger partial charge in [0.15, 0.2) is 0 Å². The highest BCUT2D eigenvalue weighted by molar-refractivity contribution is 5.44. The van der Waals surface area contributed by atoms with Gasteiger partial charge in [-0.3, -0.25) is 0 Å². The summed E-state index contributed by atoms with van der Waals surface area (Å²) in [4.78, 5) is 0. The van der Waals surface area contributed by atoms with Gasteiger partial charge < -0.3 is 15.2 Å². The minimum absolute atomic E-state index is 0.114. The Bertz CT molecular complexity index is 434. The summed E-state index contributed by atoms with van der Waals surface area (Å²) in [6, 6.07) is 6.14. The zero-order chi connectivity index (χ0) is 13.3. The van der Waals surface area contributed by atoms with E-state index < -0.39 is 5.60 Å². The van der Waals surface area contributed by atoms with Crippen molar-refractivity contribution in [3.8, 4) is 0 Å². The summed E-state index contributed by atoms with van der Waals surface area (Å²) < 4.78 is 18.5. The van der Waals surface area contributed by atoms with Crippen molar-refractivity contribution in [2.45, 2.75) is 37.3 Å². The van der Waals surface area contributed by atoms with E-state index in [4.69, 9.17) is 4.74 Å². The lowest BCUT2D eigenvalue weighted by Gasteiger charge is -2.48. The van der Waals surface area contributed by atoms with Gasteiger partial charge in [-0.05, 0) is 37.1 Å². The molecule has 104 valence electrons. The molecular formula is C15H20FNO2. The van der Waals surface area contributed by atoms with Crippen molar-refractivity contribution < 1.29 is 14.2 Å². The Kier molecular flexibility index (Phi) is 3.46. The van der Waals surface area contributed by atoms with Crippen LogP contribution >= 0.6 is 0 Å². The molecule has 2 aliphatic rings. The van der Waals surface area contributed by atoms with E-state index in [-0.39, 0.29) is 17.8 Å². The first-order valence-corrected chi connectivity index (χ1v) is 7.01. The normalized spacial score (nSPS) is 34.6. The van der Waals surface area contributed by atoms with Crippen LogP contribution in [-0.4, -0.2) is 30.0 Å². The minimum Gasteiger partial charge on any atom is -0.387 e. The molecule has 1 heterocycles. The maximum atomic E-state index is 12.9. The van der Waals surface area contributed by atoms with Crippen LogP contribution in [0.5, 0.6) is 0 Å². The smallest absolute Gasteiger partial charge is 0.123 e. The maximum Gasteiger partial charge on any atom is 0.123 e. The largest absolute Gasteiger partial charge is 0.387 e. The molecule has 0 spiro atoms. The van der Waals surface area contributed by atoms with Gasteiger partial charge in [0.1, 0.15) is 5.82 Å². The number of ether oxygens (including phenoxy) is 1. The Morgan fingerprint density at radius 3 is 2.79 bits per heavy atom. The van der Waals surface area contributed by atoms with Crippen LogP contribution in [0.3, 0.4) is 0 Å². The van der Waals surface area contributed by atoms with Gasteiger partial charge in [0.2, 0.25) is 0 Å². The van der Waals surface area contributed by atoms with Crippen molar-refractivity contribution in [1.29, 1.82) is 0 Å². The van der Waals surface area contributed by atoms with Gasteiger partial charge in [-0.25, -0.2) is 4.39 Å². The number of anilines is 1. The first-order valence-electron chi connectivity index (χ1n) is 7.01. The van der Waals surface area contributed by atoms with Crippen molar-refractivity contribution >= 4 is 5.69 Å². The SMILES string of the molecule is OC12CCCCC1COCC2Nc1ccc(F)cc1. The average Bonchev–Trinajstić information content (AvgIpc) is 2.42. The monoisotopic (exact) mass is 265 g/mol. The van der Waals surface area contributed by atoms with Crippen molar-refractivity contribution in [2.24, 2.45) is 5.92 Å². The Morgan fingerprint density at radius 2 is 2.00 bits per heavy atom. The summed E-state index contributed by atoms with van der Waals surface area (Å²) >= 11 is 0. The second-order valence-corrected chi connectivity index (χ2v) is 5.68. The van der Waals surface area contributed by atoms with Gasteiger partial charge in [-0.15, -0.1) is 0 Å². The number of aliphatic hydroxyl groups is 1. The fourth-order valence-corrected chi connectivity index (χ4v) is 3.33. The van der Waals surface area contributed by atoms with E-state index in [2.05, 4.69) is 5.32 Å². The summed E-state index contributed by atoms with van der Waals surface area (Å²) in [6.07, 6.45) is 4.08. The topological polar surface area (TPSA) is 41.5 Å². The molecule has 3 unspecified atom stereocenters. The van der Waals surface area contributed by atoms with Gasteiger partial charge >= 0.3 is 0 Å². The molecule has 0 bridgehead atoms. The molecule has 2 fully saturated rings. The molecule has 0 amide bonds. The Labute approximate surface area is 112 Å². The van der Waals surface area contributed by atoms with Crippen LogP contribution in [-0.2, 0) is 4.74 Å². The highest BCUT2D eigenvalue weighted by atomic mass is 19.1. The van der Waals surface area contributed by atoms with Gasteiger partial charge in [-0.1, -0.05) is 12.8 Å². The molecular weight excluding hydrogens is 245 g/mol. The Balaban J connectivity index is 1.77. The van der Waals surface area contributed by atoms with E-state index in [1.807, 2.05) is 0 Å². The van der Waals surface area contributed by atoms with Crippen LogP contribution < -0.4 is 5.32 Å². The van der Waals surface area contributed by atoms with Crippen molar-refractivity contribution in [2.75, 3.05) is 18.5 Å². The first kappa shape index (κ1) is 12.9. The van der Waals surface area contributed by atoms with Gasteiger partial charge in [0.05, 0.1) is 24.9 Å². The van der Waals surface area contributed by atoms with Crippen LogP contribution in [0.2, 0.25) is 0 Å². The van der Waals surface area contributed by atoms with Crippen molar-refractivity contribution in [3.05, 3.63) is 30.1 Å². The summed E-state index contributed by atoms with van der Waals surface area (Å²) in [5.41, 5.74) is 0.139. The van der Waals surface area contributed by atoms with Crippen LogP contribution in [0, 0.1) is 11.7 Å². The standard InChI is InChI=1S/C15H20FNO2/c16-12-4-6-13(7-5-12)17-14-10-19-9-11-3-1-2-8-15(11,14)18/h4-7,11,14,17-18H,1-3,8-10H2. The zero-order valence-corrected chi connectivity index (χ0v) is 10.9. The third-order valence-electron chi connectivity index (χ3n) is 4.48. The second-order valence-electron chi connectivity index (χ2n) is 5.68. The van der Waals surface area contributed by atoms with E-state index in [9.17, 15) is 9.50 Å². The molecule has 4 heteroatoms. The fourth-order valence-electron chi connectivity index (χ4n) is 3.33. The molecule has 1 aliphatic carbocycles. The highest BCUT2D eigenvalue weighted by Gasteiger charge is 2.48. The molecule has 1 aromatic carbocycles. The molecule has 19 heavy (non-hydrogen) atoms. The quantitative estimate of drug-likeness (QED) is 0.863. The summed E-state index contributed by atoms with van der Waals surface area (Å²) in [5, 5.41) is 14.3. The third kappa shape index (κ3) is 2.47. The van der Waals surface area contributed by atoms with Crippen LogP contribution in [0.4, 0.5) is 10.1 Å². The lowest BCUT2D eigenvalue weighted by atomic mass is 9.70. The molecule has 3 nitrogen and oxygen atoms in total. The number of rotatable bonds is 2. The average molecular weight is 265 g/mol. The van der Waals surface area contributed by atoms with E-state index in [1.54, 1.807) is 12.1 Å². The predicted molar refractivity (Wildman–Crippen MR) is 71.5 cm³/mol. The summed E-state index contributed by atoms with van der Waals surface area (Å²) in [6.45, 7) is 1.16. The molecule has 2 N–H and O–H groups in total. The minimum atomic E-state index is -0.690. The molecule has 1 aromatic rings. The molecule has 3 rings (SSSR count). The van der Waals surface area contributed by atoms with Crippen LogP contribution in [0.25, 0.3) is 0 Å². The third-order valence-corrected chi connectivity index (χ3v) is 4.48. The van der Waals surface area contributed by atoms with Crippen LogP contribution in [0.15, 0.2) is 24.3 Å². The Hall–Kier alpha value is -1.13. The predicted octanol–water partition coefficient (Wildman–Crippen LogP) is 2.56. The van der Waals surface area contributed by atoms with Gasteiger partial charge in [-0.2, -0.15) is 0 Å². The molecule has 1 saturated carbocycles. The van der Waals surface area contributed by atoms with Crippen molar-refractivity contribution in [1.82, 2.24) is 0 Å². The summed E-state index contributed by atoms with van der Waals surface area (Å²) in [7, 11) is 0. The van der Waals surface area contributed by atoms with Gasteiger partial charge in [0.25, 0.3) is 0 Å². The molecule has 3 atom stereocenters. The fraction of sp³-hybridized carbons (Fsp3) is 0.600. The lowest BCUT2D eigenvalue weighted by Crippen LogP contribution is -2.60. The highest BCUT2D eigenvalue weighted by Crippen LogP contribution is 2.40. The molecule has 0 aromatic heterocycles. The number of halogens is 1. The zero-order valence-electron chi connectivity index (χ0n) is 10.9. The lowest BCUT2D eigenvalue weighted by molar-refractivity contribution is -0.139. The van der Waals surface area contributed by atoms with Crippen molar-refractivity contribution in [3.63, 3.8) is 0 Å². The number of hydrogen-bond acceptors (Lipinski definition) is 3. The first-order chi connectivity index (χ1) is 9.18. The summed E-state index contributed by atoms with van der Waals surface area (Å²) in [5.74, 6) is -0.0346. The number of fused-ring (bicyclic) bond motifs is 1. The van der Waals surface area contributed by atoms with E-state index in [1.165, 1.54) is 18.6 Å². The molecule has 0 radical (unpaired) electrons. The Morgan fingerprint density at radius 1 is 1.21 bits per heavy atom. The second kappa shape index (κ2) is 5.10. The van der Waals surface area contributed by atoms with E-state index in [0.29, 0.717) is 13.2 Å². The number of hydrogen-bond donors (Lipinski definition) is 2. The number of nitrogens with one attached hydrogen (secondary N) is 1. The van der Waals surface area contributed by atoms with E-state index >= 15 is 0 Å². The molecule has 1 saturated heterocycles. The van der Waals surface area contributed by atoms with Gasteiger partial charge in [0, 0.05) is 11.6 Å². The van der Waals surface area contributed by atoms with Crippen LogP contribution in [0.1, 0.15) is 25.7 Å². The number of benzene rings is 1.